The van der Waals surface area contributed by atoms with E-state index in [1.165, 1.54) is 21.9 Å². The lowest BCUT2D eigenvalue weighted by Gasteiger charge is -2.17. The van der Waals surface area contributed by atoms with Gasteiger partial charge in [0.25, 0.3) is 11.5 Å². The van der Waals surface area contributed by atoms with E-state index in [1.54, 1.807) is 0 Å². The molecule has 2 aromatic rings. The van der Waals surface area contributed by atoms with Gasteiger partial charge in [0.2, 0.25) is 0 Å². The molecule has 6 nitrogen and oxygen atoms in total. The van der Waals surface area contributed by atoms with Crippen molar-refractivity contribution in [3.63, 3.8) is 0 Å². The highest BCUT2D eigenvalue weighted by atomic mass is 32.1. The fourth-order valence-corrected chi connectivity index (χ4v) is 2.91. The first-order valence-corrected chi connectivity index (χ1v) is 7.13. The molecule has 0 aliphatic heterocycles. The third-order valence-electron chi connectivity index (χ3n) is 2.86. The summed E-state index contributed by atoms with van der Waals surface area (Å²) >= 11 is 1.37. The number of aliphatic hydroxyl groups is 1. The third-order valence-corrected chi connectivity index (χ3v) is 3.70. The summed E-state index contributed by atoms with van der Waals surface area (Å²) in [6.45, 7) is 5.93. The van der Waals surface area contributed by atoms with Crippen LogP contribution < -0.4 is 10.9 Å². The molecule has 20 heavy (non-hydrogen) atoms. The molecule has 2 N–H and O–H groups in total. The monoisotopic (exact) mass is 295 g/mol. The first kappa shape index (κ1) is 14.7. The molecule has 0 spiro atoms. The highest BCUT2D eigenvalue weighted by Crippen LogP contribution is 2.25. The average molecular weight is 295 g/mol. The minimum absolute atomic E-state index is 0.0140. The second-order valence-corrected chi connectivity index (χ2v) is 6.28. The molecule has 2 aromatic heterocycles. The molecule has 0 unspecified atom stereocenters. The van der Waals surface area contributed by atoms with E-state index in [0.29, 0.717) is 4.96 Å². The average Bonchev–Trinajstić information content (AvgIpc) is 2.81. The van der Waals surface area contributed by atoms with Crippen LogP contribution in [0.25, 0.3) is 4.96 Å². The molecule has 2 heterocycles. The Bertz CT molecular complexity index is 697. The van der Waals surface area contributed by atoms with E-state index in [4.69, 9.17) is 5.11 Å². The van der Waals surface area contributed by atoms with E-state index in [1.807, 2.05) is 26.2 Å². The van der Waals surface area contributed by atoms with Gasteiger partial charge in [-0.05, 0) is 0 Å². The van der Waals surface area contributed by atoms with Crippen molar-refractivity contribution in [3.05, 3.63) is 33.2 Å². The zero-order valence-corrected chi connectivity index (χ0v) is 12.5. The van der Waals surface area contributed by atoms with E-state index in [-0.39, 0.29) is 29.7 Å². The fraction of sp³-hybridized carbons (Fsp3) is 0.462. The van der Waals surface area contributed by atoms with Crippen molar-refractivity contribution in [2.24, 2.45) is 0 Å². The molecule has 0 radical (unpaired) electrons. The SMILES string of the molecule is CC(C)(C)c1csc2ncc(C(=O)NCCO)c(=O)n12. The largest absolute Gasteiger partial charge is 0.395 e. The highest BCUT2D eigenvalue weighted by Gasteiger charge is 2.22. The number of hydrogen-bond donors (Lipinski definition) is 2. The molecule has 1 amide bonds. The lowest BCUT2D eigenvalue weighted by atomic mass is 9.93. The van der Waals surface area contributed by atoms with Crippen LogP contribution in [0.4, 0.5) is 0 Å². The second kappa shape index (κ2) is 5.34. The number of nitrogens with zero attached hydrogens (tertiary/aromatic N) is 2. The standard InChI is InChI=1S/C13H17N3O3S/c1-13(2,3)9-7-20-12-15-6-8(11(19)16(9)12)10(18)14-4-5-17/h6-7,17H,4-5H2,1-3H3,(H,14,18). The summed E-state index contributed by atoms with van der Waals surface area (Å²) in [5, 5.41) is 13.1. The predicted molar refractivity (Wildman–Crippen MR) is 77.5 cm³/mol. The Morgan fingerprint density at radius 1 is 1.50 bits per heavy atom. The van der Waals surface area contributed by atoms with Crippen LogP contribution >= 0.6 is 11.3 Å². The van der Waals surface area contributed by atoms with Crippen molar-refractivity contribution in [1.82, 2.24) is 14.7 Å². The Hall–Kier alpha value is -1.73. The van der Waals surface area contributed by atoms with Gasteiger partial charge in [-0.25, -0.2) is 4.98 Å². The number of aromatic nitrogens is 2. The third kappa shape index (κ3) is 2.59. The van der Waals surface area contributed by atoms with Crippen molar-refractivity contribution in [2.75, 3.05) is 13.2 Å². The Morgan fingerprint density at radius 2 is 2.20 bits per heavy atom. The topological polar surface area (TPSA) is 83.7 Å². The van der Waals surface area contributed by atoms with Gasteiger partial charge in [-0.1, -0.05) is 20.8 Å². The minimum Gasteiger partial charge on any atom is -0.395 e. The number of aliphatic hydroxyl groups excluding tert-OH is 1. The van der Waals surface area contributed by atoms with Crippen LogP contribution in [0.3, 0.4) is 0 Å². The first-order valence-electron chi connectivity index (χ1n) is 6.25. The molecule has 0 bridgehead atoms. The van der Waals surface area contributed by atoms with Gasteiger partial charge in [-0.15, -0.1) is 11.3 Å². The lowest BCUT2D eigenvalue weighted by Crippen LogP contribution is -2.34. The van der Waals surface area contributed by atoms with E-state index in [9.17, 15) is 9.59 Å². The van der Waals surface area contributed by atoms with Crippen LogP contribution in [0.5, 0.6) is 0 Å². The Kier molecular flexibility index (Phi) is 3.92. The lowest BCUT2D eigenvalue weighted by molar-refractivity contribution is 0.0942. The Morgan fingerprint density at radius 3 is 2.80 bits per heavy atom. The zero-order valence-electron chi connectivity index (χ0n) is 11.6. The maximum atomic E-state index is 12.5. The number of fused-ring (bicyclic) bond motifs is 1. The molecule has 108 valence electrons. The summed E-state index contributed by atoms with van der Waals surface area (Å²) in [7, 11) is 0. The summed E-state index contributed by atoms with van der Waals surface area (Å²) in [6.07, 6.45) is 1.29. The molecule has 0 aliphatic rings. The Balaban J connectivity index is 2.58. The van der Waals surface area contributed by atoms with Gasteiger partial charge in [-0.3, -0.25) is 14.0 Å². The molecule has 7 heteroatoms. The maximum absolute atomic E-state index is 12.5. The van der Waals surface area contributed by atoms with Gasteiger partial charge >= 0.3 is 0 Å². The van der Waals surface area contributed by atoms with Gasteiger partial charge in [0.15, 0.2) is 4.96 Å². The first-order chi connectivity index (χ1) is 9.36. The van der Waals surface area contributed by atoms with Gasteiger partial charge in [-0.2, -0.15) is 0 Å². The van der Waals surface area contributed by atoms with Crippen molar-refractivity contribution in [3.8, 4) is 0 Å². The molecule has 0 saturated carbocycles. The van der Waals surface area contributed by atoms with Crippen LogP contribution in [0.1, 0.15) is 36.8 Å². The highest BCUT2D eigenvalue weighted by molar-refractivity contribution is 7.15. The normalized spacial score (nSPS) is 11.8. The van der Waals surface area contributed by atoms with Crippen molar-refractivity contribution >= 4 is 22.2 Å². The van der Waals surface area contributed by atoms with E-state index in [0.717, 1.165) is 5.69 Å². The van der Waals surface area contributed by atoms with Crippen LogP contribution in [0.15, 0.2) is 16.4 Å². The van der Waals surface area contributed by atoms with Crippen LogP contribution in [-0.4, -0.2) is 33.6 Å². The van der Waals surface area contributed by atoms with Crippen molar-refractivity contribution in [2.45, 2.75) is 26.2 Å². The summed E-state index contributed by atoms with van der Waals surface area (Å²) in [5.74, 6) is -0.517. The van der Waals surface area contributed by atoms with Crippen LogP contribution in [-0.2, 0) is 5.41 Å². The van der Waals surface area contributed by atoms with Gasteiger partial charge < -0.3 is 10.4 Å². The van der Waals surface area contributed by atoms with E-state index >= 15 is 0 Å². The van der Waals surface area contributed by atoms with Crippen molar-refractivity contribution in [1.29, 1.82) is 0 Å². The second-order valence-electron chi connectivity index (χ2n) is 5.45. The molecular formula is C13H17N3O3S. The number of carbonyl (C=O) groups is 1. The molecule has 0 aromatic carbocycles. The molecule has 0 fully saturated rings. The number of thiazole rings is 1. The Labute approximate surface area is 120 Å². The van der Waals surface area contributed by atoms with Crippen LogP contribution in [0, 0.1) is 0 Å². The summed E-state index contributed by atoms with van der Waals surface area (Å²) in [4.78, 5) is 29.1. The predicted octanol–water partition coefficient (Wildman–Crippen LogP) is 0.776. The quantitative estimate of drug-likeness (QED) is 0.876. The molecular weight excluding hydrogens is 278 g/mol. The molecule has 2 rings (SSSR count). The number of nitrogens with one attached hydrogen (secondary N) is 1. The summed E-state index contributed by atoms with van der Waals surface area (Å²) in [6, 6.07) is 0. The van der Waals surface area contributed by atoms with E-state index in [2.05, 4.69) is 10.3 Å². The fourth-order valence-electron chi connectivity index (χ4n) is 1.83. The van der Waals surface area contributed by atoms with Gasteiger partial charge in [0.05, 0.1) is 6.61 Å². The van der Waals surface area contributed by atoms with Gasteiger partial charge in [0.1, 0.15) is 5.56 Å². The molecule has 0 aliphatic carbocycles. The van der Waals surface area contributed by atoms with Gasteiger partial charge in [0, 0.05) is 29.2 Å². The smallest absolute Gasteiger partial charge is 0.271 e. The van der Waals surface area contributed by atoms with Crippen LogP contribution in [0.2, 0.25) is 0 Å². The maximum Gasteiger partial charge on any atom is 0.271 e. The molecule has 0 saturated heterocycles. The van der Waals surface area contributed by atoms with E-state index < -0.39 is 5.91 Å². The number of amides is 1. The summed E-state index contributed by atoms with van der Waals surface area (Å²) < 4.78 is 1.48. The number of hydrogen-bond acceptors (Lipinski definition) is 5. The summed E-state index contributed by atoms with van der Waals surface area (Å²) in [5.41, 5.74) is 0.215. The minimum atomic E-state index is -0.517. The number of rotatable bonds is 3. The molecule has 0 atom stereocenters. The van der Waals surface area contributed by atoms with Crippen molar-refractivity contribution < 1.29 is 9.90 Å². The number of carbonyl (C=O) groups excluding carboxylic acids is 1. The zero-order chi connectivity index (χ0) is 14.9.